The first-order chi connectivity index (χ1) is 9.20. The fourth-order valence-electron chi connectivity index (χ4n) is 2.35. The monoisotopic (exact) mass is 290 g/mol. The number of thioether (sulfide) groups is 1. The Hall–Kier alpha value is -1.03. The van der Waals surface area contributed by atoms with Crippen molar-refractivity contribution in [1.82, 2.24) is 16.1 Å². The lowest BCUT2D eigenvalue weighted by molar-refractivity contribution is -0.121. The number of rotatable bonds is 5. The van der Waals surface area contributed by atoms with E-state index in [1.165, 1.54) is 0 Å². The normalized spacial score (nSPS) is 27.7. The molecule has 3 atom stereocenters. The minimum absolute atomic E-state index is 0.0483. The van der Waals surface area contributed by atoms with Crippen molar-refractivity contribution in [2.24, 2.45) is 17.5 Å². The van der Waals surface area contributed by atoms with E-state index in [0.29, 0.717) is 11.7 Å². The van der Waals surface area contributed by atoms with Crippen LogP contribution in [0, 0.1) is 0 Å². The number of carbonyl (C=O) groups is 2. The molecule has 2 saturated heterocycles. The van der Waals surface area contributed by atoms with Gasteiger partial charge in [0.1, 0.15) is 0 Å². The maximum Gasteiger partial charge on any atom is 0.315 e. The standard InChI is InChI=1S/C10H18N4O2S.H4N2/c11-14-8(15)4-2-1-3-7-9-6(5-17-7)12-10(16)13-9;1-2/h6-7,9H,1-5,11H2,(H,14,15)(H2,12,13,16);1-2H2/t6-,7-,9-;/m0./s1. The van der Waals surface area contributed by atoms with E-state index in [0.717, 1.165) is 25.0 Å². The predicted molar refractivity (Wildman–Crippen MR) is 74.7 cm³/mol. The summed E-state index contributed by atoms with van der Waals surface area (Å²) in [5.74, 6) is 13.9. The van der Waals surface area contributed by atoms with Gasteiger partial charge >= 0.3 is 6.03 Å². The van der Waals surface area contributed by atoms with Crippen molar-refractivity contribution in [2.75, 3.05) is 5.75 Å². The number of nitrogens with two attached hydrogens (primary N) is 3. The van der Waals surface area contributed by atoms with Crippen LogP contribution in [0.5, 0.6) is 0 Å². The Bertz CT molecular complexity index is 316. The van der Waals surface area contributed by atoms with Crippen molar-refractivity contribution >= 4 is 23.7 Å². The molecule has 2 aliphatic rings. The van der Waals surface area contributed by atoms with E-state index in [2.05, 4.69) is 27.7 Å². The molecular weight excluding hydrogens is 268 g/mol. The van der Waals surface area contributed by atoms with E-state index in [-0.39, 0.29) is 24.0 Å². The number of nitrogens with one attached hydrogen (secondary N) is 3. The third-order valence-electron chi connectivity index (χ3n) is 3.24. The van der Waals surface area contributed by atoms with E-state index >= 15 is 0 Å². The molecule has 2 aliphatic heterocycles. The Kier molecular flexibility index (Phi) is 6.92. The van der Waals surface area contributed by atoms with Crippen LogP contribution in [-0.2, 0) is 4.79 Å². The van der Waals surface area contributed by atoms with Crippen LogP contribution in [0.2, 0.25) is 0 Å². The Labute approximate surface area is 116 Å². The average molecular weight is 290 g/mol. The molecule has 2 heterocycles. The Morgan fingerprint density at radius 1 is 1.37 bits per heavy atom. The zero-order chi connectivity index (χ0) is 14.3. The van der Waals surface area contributed by atoms with Crippen molar-refractivity contribution in [3.8, 4) is 0 Å². The number of urea groups is 1. The molecule has 19 heavy (non-hydrogen) atoms. The van der Waals surface area contributed by atoms with Crippen LogP contribution in [0.4, 0.5) is 4.79 Å². The van der Waals surface area contributed by atoms with Gasteiger partial charge in [-0.05, 0) is 12.8 Å². The topological polar surface area (TPSA) is 148 Å². The van der Waals surface area contributed by atoms with Gasteiger partial charge in [0, 0.05) is 17.4 Å². The van der Waals surface area contributed by atoms with Gasteiger partial charge in [0.05, 0.1) is 12.1 Å². The van der Waals surface area contributed by atoms with E-state index < -0.39 is 0 Å². The van der Waals surface area contributed by atoms with Crippen LogP contribution in [0.3, 0.4) is 0 Å². The summed E-state index contributed by atoms with van der Waals surface area (Å²) in [7, 11) is 0. The highest BCUT2D eigenvalue weighted by molar-refractivity contribution is 8.00. The van der Waals surface area contributed by atoms with Gasteiger partial charge in [-0.2, -0.15) is 11.8 Å². The van der Waals surface area contributed by atoms with E-state index in [9.17, 15) is 9.59 Å². The summed E-state index contributed by atoms with van der Waals surface area (Å²) in [6.45, 7) is 0. The molecule has 0 radical (unpaired) electrons. The van der Waals surface area contributed by atoms with Gasteiger partial charge in [-0.3, -0.25) is 21.9 Å². The van der Waals surface area contributed by atoms with Crippen molar-refractivity contribution in [3.05, 3.63) is 0 Å². The molecule has 2 fully saturated rings. The van der Waals surface area contributed by atoms with Crippen LogP contribution in [0.15, 0.2) is 0 Å². The first-order valence-corrected chi connectivity index (χ1v) is 7.27. The number of unbranched alkanes of at least 4 members (excludes halogenated alkanes) is 1. The average Bonchev–Trinajstić information content (AvgIpc) is 2.96. The third kappa shape index (κ3) is 4.53. The number of carbonyl (C=O) groups excluding carboxylic acids is 2. The first-order valence-electron chi connectivity index (χ1n) is 6.22. The molecule has 110 valence electrons. The summed E-state index contributed by atoms with van der Waals surface area (Å²) in [6, 6.07) is 0.494. The molecule has 0 aromatic rings. The van der Waals surface area contributed by atoms with Gasteiger partial charge < -0.3 is 10.6 Å². The number of hydrogen-bond donors (Lipinski definition) is 6. The van der Waals surface area contributed by atoms with E-state index in [4.69, 9.17) is 5.84 Å². The fourth-order valence-corrected chi connectivity index (χ4v) is 3.89. The number of hydrogen-bond acceptors (Lipinski definition) is 6. The van der Waals surface area contributed by atoms with Crippen LogP contribution >= 0.6 is 11.8 Å². The maximum absolute atomic E-state index is 11.2. The SMILES string of the molecule is NN.NNC(=O)CCCC[C@@H]1SC[C@@H]2NC(=O)N[C@@H]21. The maximum atomic E-state index is 11.2. The van der Waals surface area contributed by atoms with Gasteiger partial charge in [-0.1, -0.05) is 6.42 Å². The third-order valence-corrected chi connectivity index (χ3v) is 4.75. The molecule has 0 aromatic heterocycles. The minimum atomic E-state index is -0.113. The van der Waals surface area contributed by atoms with Gasteiger partial charge in [0.2, 0.25) is 5.91 Å². The lowest BCUT2D eigenvalue weighted by atomic mass is 10.0. The van der Waals surface area contributed by atoms with Gasteiger partial charge in [-0.25, -0.2) is 10.6 Å². The van der Waals surface area contributed by atoms with Gasteiger partial charge in [-0.15, -0.1) is 0 Å². The smallest absolute Gasteiger partial charge is 0.315 e. The second-order valence-corrected chi connectivity index (χ2v) is 5.71. The summed E-state index contributed by atoms with van der Waals surface area (Å²) >= 11 is 1.90. The molecule has 0 aromatic carbocycles. The second-order valence-electron chi connectivity index (χ2n) is 4.44. The zero-order valence-electron chi connectivity index (χ0n) is 10.7. The minimum Gasteiger partial charge on any atom is -0.332 e. The van der Waals surface area contributed by atoms with Crippen LogP contribution in [0.25, 0.3) is 0 Å². The van der Waals surface area contributed by atoms with Gasteiger partial charge in [0.25, 0.3) is 0 Å². The highest BCUT2D eigenvalue weighted by Crippen LogP contribution is 2.33. The molecule has 0 aliphatic carbocycles. The van der Waals surface area contributed by atoms with Crippen LogP contribution < -0.4 is 33.6 Å². The fraction of sp³-hybridized carbons (Fsp3) is 0.800. The summed E-state index contributed by atoms with van der Waals surface area (Å²) in [6.07, 6.45) is 3.35. The van der Waals surface area contributed by atoms with Crippen molar-refractivity contribution in [3.63, 3.8) is 0 Å². The summed E-state index contributed by atoms with van der Waals surface area (Å²) < 4.78 is 0. The first kappa shape index (κ1) is 16.0. The Morgan fingerprint density at radius 2 is 2.11 bits per heavy atom. The van der Waals surface area contributed by atoms with Crippen LogP contribution in [0.1, 0.15) is 25.7 Å². The van der Waals surface area contributed by atoms with E-state index in [1.807, 2.05) is 11.8 Å². The molecule has 8 nitrogen and oxygen atoms in total. The van der Waals surface area contributed by atoms with Crippen molar-refractivity contribution in [1.29, 1.82) is 0 Å². The second kappa shape index (κ2) is 8.20. The van der Waals surface area contributed by atoms with Crippen LogP contribution in [-0.4, -0.2) is 35.0 Å². The molecule has 9 N–H and O–H groups in total. The van der Waals surface area contributed by atoms with Crippen molar-refractivity contribution in [2.45, 2.75) is 43.0 Å². The quantitative estimate of drug-likeness (QED) is 0.120. The molecule has 0 unspecified atom stereocenters. The Balaban J connectivity index is 0.000000861. The molecular formula is C10H22N6O2S. The molecule has 0 bridgehead atoms. The largest absolute Gasteiger partial charge is 0.332 e. The zero-order valence-corrected chi connectivity index (χ0v) is 11.5. The lowest BCUT2D eigenvalue weighted by Crippen LogP contribution is -2.36. The number of amides is 3. The molecule has 0 saturated carbocycles. The number of hydrazine groups is 2. The highest BCUT2D eigenvalue weighted by atomic mass is 32.2. The summed E-state index contributed by atoms with van der Waals surface area (Å²) in [5, 5.41) is 6.34. The van der Waals surface area contributed by atoms with Gasteiger partial charge in [0.15, 0.2) is 0 Å². The molecule has 2 rings (SSSR count). The summed E-state index contributed by atoms with van der Waals surface area (Å²) in [4.78, 5) is 22.1. The van der Waals surface area contributed by atoms with E-state index in [1.54, 1.807) is 0 Å². The lowest BCUT2D eigenvalue weighted by Gasteiger charge is -2.16. The van der Waals surface area contributed by atoms with Crippen molar-refractivity contribution < 1.29 is 9.59 Å². The predicted octanol–water partition coefficient (Wildman–Crippen LogP) is -1.48. The Morgan fingerprint density at radius 3 is 2.79 bits per heavy atom. The molecule has 0 spiro atoms. The number of fused-ring (bicyclic) bond motifs is 1. The summed E-state index contributed by atoms with van der Waals surface area (Å²) in [5.41, 5.74) is 2.13. The molecule has 3 amide bonds. The highest BCUT2D eigenvalue weighted by Gasteiger charge is 2.42. The molecule has 9 heteroatoms.